The highest BCUT2D eigenvalue weighted by molar-refractivity contribution is 5.13. The van der Waals surface area contributed by atoms with E-state index in [4.69, 9.17) is 4.74 Å². The van der Waals surface area contributed by atoms with E-state index in [1.54, 1.807) is 18.2 Å². The minimum absolute atomic E-state index is 0.217. The maximum atomic E-state index is 13.6. The first-order valence-corrected chi connectivity index (χ1v) is 9.30. The minimum atomic E-state index is -7.97. The molecular weight excluding hydrogens is 568 g/mol. The van der Waals surface area contributed by atoms with Gasteiger partial charge in [-0.2, -0.15) is 65.9 Å². The molecule has 0 unspecified atom stereocenters. The molecule has 0 saturated heterocycles. The van der Waals surface area contributed by atoms with Crippen molar-refractivity contribution in [3.63, 3.8) is 0 Å². The Morgan fingerprint density at radius 1 is 0.595 bits per heavy atom. The predicted molar refractivity (Wildman–Crippen MR) is 88.6 cm³/mol. The molecule has 0 bridgehead atoms. The lowest BCUT2D eigenvalue weighted by Crippen LogP contribution is -2.66. The third-order valence-corrected chi connectivity index (χ3v) is 4.19. The third-order valence-electron chi connectivity index (χ3n) is 4.19. The van der Waals surface area contributed by atoms with Gasteiger partial charge in [-0.1, -0.05) is 30.3 Å². The quantitative estimate of drug-likeness (QED) is 0.225. The van der Waals surface area contributed by atoms with Crippen LogP contribution in [0.3, 0.4) is 0 Å². The van der Waals surface area contributed by atoms with E-state index in [0.29, 0.717) is 5.56 Å². The van der Waals surface area contributed by atoms with Crippen LogP contribution in [0.1, 0.15) is 5.56 Å². The average molecular weight is 582 g/mol. The molecule has 0 spiro atoms. The summed E-state index contributed by atoms with van der Waals surface area (Å²) >= 11 is 0. The lowest BCUT2D eigenvalue weighted by atomic mass is 10.1. The van der Waals surface area contributed by atoms with Gasteiger partial charge in [0, 0.05) is 0 Å². The Kier molecular flexibility index (Phi) is 9.81. The van der Waals surface area contributed by atoms with Gasteiger partial charge in [0.05, 0.1) is 19.8 Å². The van der Waals surface area contributed by atoms with Gasteiger partial charge in [0.1, 0.15) is 12.8 Å². The number of benzene rings is 1. The number of halogens is 16. The van der Waals surface area contributed by atoms with Gasteiger partial charge in [0.25, 0.3) is 0 Å². The van der Waals surface area contributed by atoms with Gasteiger partial charge >= 0.3 is 42.1 Å². The molecule has 0 heterocycles. The van der Waals surface area contributed by atoms with Crippen LogP contribution in [0.4, 0.5) is 70.2 Å². The van der Waals surface area contributed by atoms with E-state index in [2.05, 4.69) is 4.74 Å². The lowest BCUT2D eigenvalue weighted by molar-refractivity contribution is -0.513. The molecule has 3 nitrogen and oxygen atoms in total. The second-order valence-corrected chi connectivity index (χ2v) is 7.17. The summed E-state index contributed by atoms with van der Waals surface area (Å²) in [4.78, 5) is 0. The lowest BCUT2D eigenvalue weighted by Gasteiger charge is -2.37. The van der Waals surface area contributed by atoms with Crippen LogP contribution in [-0.2, 0) is 20.8 Å². The van der Waals surface area contributed by atoms with Crippen molar-refractivity contribution in [1.82, 2.24) is 0 Å². The molecule has 37 heavy (non-hydrogen) atoms. The Labute approximate surface area is 196 Å². The maximum Gasteiger partial charge on any atom is 0.460 e. The third kappa shape index (κ3) is 7.10. The zero-order chi connectivity index (χ0) is 29.1. The van der Waals surface area contributed by atoms with Crippen molar-refractivity contribution >= 4 is 0 Å². The van der Waals surface area contributed by atoms with Gasteiger partial charge < -0.3 is 9.47 Å². The molecule has 0 saturated carbocycles. The minimum Gasteiger partial charge on any atom is -0.374 e. The fourth-order valence-corrected chi connectivity index (χ4v) is 2.20. The summed E-state index contributed by atoms with van der Waals surface area (Å²) in [7, 11) is 0. The number of hydrogen-bond donors (Lipinski definition) is 0. The number of hydrogen-bond acceptors (Lipinski definition) is 3. The molecule has 1 rings (SSSR count). The van der Waals surface area contributed by atoms with Gasteiger partial charge in [-0.3, -0.25) is 0 Å². The molecule has 1 aromatic carbocycles. The standard InChI is InChI=1S/C18H14F16O3/c19-11(7-35-6-10-4-2-1-3-5-10)8-36-9-12(20,21)13(22,23)17(31,32)37-18(33,34)15(26,27)14(24,25)16(28,29)30/h1-5,11H,6-9H2/t11-/m0/s1. The molecule has 19 heteroatoms. The molecule has 0 aliphatic carbocycles. The van der Waals surface area contributed by atoms with Gasteiger partial charge in [-0.05, 0) is 5.56 Å². The van der Waals surface area contributed by atoms with E-state index in [1.165, 1.54) is 16.9 Å². The summed E-state index contributed by atoms with van der Waals surface area (Å²) in [5.41, 5.74) is 0.513. The molecule has 0 aliphatic rings. The van der Waals surface area contributed by atoms with Crippen molar-refractivity contribution in [3.8, 4) is 0 Å². The van der Waals surface area contributed by atoms with Crippen LogP contribution in [0.2, 0.25) is 0 Å². The van der Waals surface area contributed by atoms with E-state index in [0.717, 1.165) is 0 Å². The molecule has 0 radical (unpaired) electrons. The number of rotatable bonds is 14. The maximum absolute atomic E-state index is 13.6. The molecular formula is C18H14F16O3. The first-order valence-electron chi connectivity index (χ1n) is 9.30. The summed E-state index contributed by atoms with van der Waals surface area (Å²) in [6.07, 6.45) is -25.1. The van der Waals surface area contributed by atoms with Crippen molar-refractivity contribution in [2.24, 2.45) is 0 Å². The molecule has 0 aromatic heterocycles. The van der Waals surface area contributed by atoms with Crippen LogP contribution in [0.25, 0.3) is 0 Å². The normalized spacial score (nSPS) is 15.7. The SMILES string of the molecule is F[C@@H](COCc1ccccc1)COCC(F)(F)C(F)(F)C(F)(F)OC(F)(F)C(F)(F)C(F)(F)C(F)(F)F. The Morgan fingerprint density at radius 3 is 1.54 bits per heavy atom. The summed E-state index contributed by atoms with van der Waals surface area (Å²) in [6.45, 7) is -5.53. The smallest absolute Gasteiger partial charge is 0.374 e. The van der Waals surface area contributed by atoms with Crippen molar-refractivity contribution in [1.29, 1.82) is 0 Å². The largest absolute Gasteiger partial charge is 0.460 e. The molecule has 1 atom stereocenters. The van der Waals surface area contributed by atoms with Crippen LogP contribution in [0, 0.1) is 0 Å². The molecule has 216 valence electrons. The van der Waals surface area contributed by atoms with Crippen LogP contribution in [-0.4, -0.2) is 68.1 Å². The van der Waals surface area contributed by atoms with E-state index in [-0.39, 0.29) is 6.61 Å². The second-order valence-electron chi connectivity index (χ2n) is 7.17. The van der Waals surface area contributed by atoms with Crippen molar-refractivity contribution in [2.75, 3.05) is 19.8 Å². The zero-order valence-electron chi connectivity index (χ0n) is 17.6. The van der Waals surface area contributed by atoms with Crippen LogP contribution in [0.15, 0.2) is 30.3 Å². The second kappa shape index (κ2) is 11.0. The van der Waals surface area contributed by atoms with E-state index < -0.39 is 68.1 Å². The van der Waals surface area contributed by atoms with Gasteiger partial charge in [0.2, 0.25) is 0 Å². The van der Waals surface area contributed by atoms with Crippen LogP contribution < -0.4 is 0 Å². The summed E-state index contributed by atoms with van der Waals surface area (Å²) in [5.74, 6) is -29.4. The average Bonchev–Trinajstić information content (AvgIpc) is 2.72. The fraction of sp³-hybridized carbons (Fsp3) is 0.667. The topological polar surface area (TPSA) is 27.7 Å². The zero-order valence-corrected chi connectivity index (χ0v) is 17.6. The first kappa shape index (κ1) is 33.0. The highest BCUT2D eigenvalue weighted by atomic mass is 19.4. The van der Waals surface area contributed by atoms with Crippen LogP contribution >= 0.6 is 0 Å². The summed E-state index contributed by atoms with van der Waals surface area (Å²) in [6, 6.07) is 7.80. The Bertz CT molecular complexity index is 856. The van der Waals surface area contributed by atoms with Crippen molar-refractivity contribution < 1.29 is 84.5 Å². The molecule has 0 N–H and O–H groups in total. The van der Waals surface area contributed by atoms with Crippen molar-refractivity contribution in [2.45, 2.75) is 54.9 Å². The first-order chi connectivity index (χ1) is 16.4. The fourth-order valence-electron chi connectivity index (χ4n) is 2.20. The van der Waals surface area contributed by atoms with E-state index in [9.17, 15) is 70.2 Å². The highest BCUT2D eigenvalue weighted by Crippen LogP contribution is 2.56. The Hall–Kier alpha value is -2.02. The molecule has 0 aliphatic heterocycles. The van der Waals surface area contributed by atoms with E-state index >= 15 is 0 Å². The number of ether oxygens (including phenoxy) is 3. The monoisotopic (exact) mass is 582 g/mol. The van der Waals surface area contributed by atoms with Gasteiger partial charge in [0.15, 0.2) is 0 Å². The van der Waals surface area contributed by atoms with Gasteiger partial charge in [-0.15, -0.1) is 0 Å². The molecule has 0 amide bonds. The molecule has 0 fully saturated rings. The van der Waals surface area contributed by atoms with E-state index in [1.807, 2.05) is 0 Å². The van der Waals surface area contributed by atoms with Gasteiger partial charge in [-0.25, -0.2) is 9.13 Å². The van der Waals surface area contributed by atoms with Crippen molar-refractivity contribution in [3.05, 3.63) is 35.9 Å². The predicted octanol–water partition coefficient (Wildman–Crippen LogP) is 6.86. The molecule has 1 aromatic rings. The number of alkyl halides is 16. The summed E-state index contributed by atoms with van der Waals surface area (Å²) in [5, 5.41) is 0. The Morgan fingerprint density at radius 2 is 1.05 bits per heavy atom. The highest BCUT2D eigenvalue weighted by Gasteiger charge is 2.86. The van der Waals surface area contributed by atoms with Crippen LogP contribution in [0.5, 0.6) is 0 Å². The summed E-state index contributed by atoms with van der Waals surface area (Å²) < 4.78 is 218. The Balaban J connectivity index is 2.83.